The fourth-order valence-electron chi connectivity index (χ4n) is 3.35. The summed E-state index contributed by atoms with van der Waals surface area (Å²) in [6.07, 6.45) is 3.54. The van der Waals surface area contributed by atoms with Crippen molar-refractivity contribution in [2.24, 2.45) is 0 Å². The van der Waals surface area contributed by atoms with Gasteiger partial charge in [-0.2, -0.15) is 0 Å². The summed E-state index contributed by atoms with van der Waals surface area (Å²) < 4.78 is 28.8. The van der Waals surface area contributed by atoms with E-state index in [-0.39, 0.29) is 10.6 Å². The molecule has 1 fully saturated rings. The van der Waals surface area contributed by atoms with Crippen LogP contribution in [0.4, 0.5) is 19.3 Å². The van der Waals surface area contributed by atoms with Crippen LogP contribution in [0, 0.1) is 11.6 Å². The van der Waals surface area contributed by atoms with Crippen LogP contribution in [0.1, 0.15) is 12.5 Å². The van der Waals surface area contributed by atoms with Gasteiger partial charge in [0.15, 0.2) is 0 Å². The molecule has 6 nitrogen and oxygen atoms in total. The summed E-state index contributed by atoms with van der Waals surface area (Å²) >= 11 is 0.741. The minimum absolute atomic E-state index is 0.199. The summed E-state index contributed by atoms with van der Waals surface area (Å²) in [5, 5.41) is 2.60. The average molecular weight is 441 g/mol. The van der Waals surface area contributed by atoms with Crippen LogP contribution in [-0.2, 0) is 16.1 Å². The van der Waals surface area contributed by atoms with Crippen molar-refractivity contribution in [2.45, 2.75) is 13.5 Å². The summed E-state index contributed by atoms with van der Waals surface area (Å²) in [4.78, 5) is 38.3. The van der Waals surface area contributed by atoms with Crippen LogP contribution in [0.5, 0.6) is 0 Å². The Morgan fingerprint density at radius 2 is 1.94 bits per heavy atom. The van der Waals surface area contributed by atoms with Crippen molar-refractivity contribution in [2.75, 3.05) is 11.9 Å². The molecular formula is C22H17F2N3O3S. The number of thioether (sulfide) groups is 1. The van der Waals surface area contributed by atoms with E-state index in [1.165, 1.54) is 0 Å². The predicted molar refractivity (Wildman–Crippen MR) is 115 cm³/mol. The van der Waals surface area contributed by atoms with E-state index in [1.807, 2.05) is 42.0 Å². The number of anilines is 1. The first kappa shape index (κ1) is 20.8. The summed E-state index contributed by atoms with van der Waals surface area (Å²) in [5.41, 5.74) is 1.57. The van der Waals surface area contributed by atoms with E-state index in [0.29, 0.717) is 6.07 Å². The molecule has 158 valence electrons. The number of hydrogen-bond acceptors (Lipinski definition) is 4. The Morgan fingerprint density at radius 1 is 1.16 bits per heavy atom. The van der Waals surface area contributed by atoms with Crippen molar-refractivity contribution in [1.82, 2.24) is 9.47 Å². The van der Waals surface area contributed by atoms with Crippen LogP contribution in [0.2, 0.25) is 0 Å². The third-order valence-corrected chi connectivity index (χ3v) is 5.73. The molecule has 2 heterocycles. The highest BCUT2D eigenvalue weighted by Crippen LogP contribution is 2.34. The second-order valence-electron chi connectivity index (χ2n) is 6.83. The van der Waals surface area contributed by atoms with Gasteiger partial charge in [-0.3, -0.25) is 19.3 Å². The SMILES string of the molecule is CCn1cc(C=C2SC(=O)N(CC(=O)Nc3ccc(F)cc3F)C2=O)c2ccccc21. The maximum atomic E-state index is 13.7. The second kappa shape index (κ2) is 8.35. The molecule has 1 aliphatic rings. The lowest BCUT2D eigenvalue weighted by molar-refractivity contribution is -0.127. The molecule has 0 saturated carbocycles. The highest BCUT2D eigenvalue weighted by atomic mass is 32.2. The van der Waals surface area contributed by atoms with Gasteiger partial charge >= 0.3 is 0 Å². The molecule has 0 bridgehead atoms. The van der Waals surface area contributed by atoms with Gasteiger partial charge in [-0.1, -0.05) is 18.2 Å². The fourth-order valence-corrected chi connectivity index (χ4v) is 4.18. The summed E-state index contributed by atoms with van der Waals surface area (Å²) in [5.74, 6) is -3.10. The number of carbonyl (C=O) groups is 3. The van der Waals surface area contributed by atoms with Crippen molar-refractivity contribution in [3.05, 3.63) is 70.8 Å². The monoisotopic (exact) mass is 441 g/mol. The van der Waals surface area contributed by atoms with Gasteiger partial charge < -0.3 is 9.88 Å². The zero-order valence-electron chi connectivity index (χ0n) is 16.4. The van der Waals surface area contributed by atoms with Gasteiger partial charge in [0.1, 0.15) is 18.2 Å². The van der Waals surface area contributed by atoms with Crippen LogP contribution in [-0.4, -0.2) is 33.1 Å². The molecule has 2 aromatic carbocycles. The first-order valence-electron chi connectivity index (χ1n) is 9.45. The van der Waals surface area contributed by atoms with Crippen LogP contribution in [0.15, 0.2) is 53.6 Å². The Morgan fingerprint density at radius 3 is 2.68 bits per heavy atom. The third kappa shape index (κ3) is 4.09. The molecule has 9 heteroatoms. The maximum absolute atomic E-state index is 13.7. The Bertz CT molecular complexity index is 1250. The number of amides is 3. The van der Waals surface area contributed by atoms with Crippen molar-refractivity contribution < 1.29 is 23.2 Å². The topological polar surface area (TPSA) is 71.4 Å². The molecule has 1 N–H and O–H groups in total. The van der Waals surface area contributed by atoms with Crippen LogP contribution >= 0.6 is 11.8 Å². The number of aromatic nitrogens is 1. The molecular weight excluding hydrogens is 424 g/mol. The van der Waals surface area contributed by atoms with Gasteiger partial charge in [0.05, 0.1) is 10.6 Å². The molecule has 31 heavy (non-hydrogen) atoms. The number of nitrogens with zero attached hydrogens (tertiary/aromatic N) is 2. The minimum atomic E-state index is -0.949. The van der Waals surface area contributed by atoms with E-state index in [4.69, 9.17) is 0 Å². The lowest BCUT2D eigenvalue weighted by Gasteiger charge is -2.12. The second-order valence-corrected chi connectivity index (χ2v) is 7.82. The zero-order valence-corrected chi connectivity index (χ0v) is 17.2. The molecule has 0 spiro atoms. The number of rotatable bonds is 5. The Hall–Kier alpha value is -3.46. The molecule has 1 aliphatic heterocycles. The molecule has 1 aromatic heterocycles. The molecule has 0 aliphatic carbocycles. The number of halogens is 2. The van der Waals surface area contributed by atoms with Gasteiger partial charge in [-0.15, -0.1) is 0 Å². The largest absolute Gasteiger partial charge is 0.347 e. The maximum Gasteiger partial charge on any atom is 0.294 e. The number of carbonyl (C=O) groups excluding carboxylic acids is 3. The van der Waals surface area contributed by atoms with E-state index < -0.39 is 35.2 Å². The number of hydrogen-bond donors (Lipinski definition) is 1. The van der Waals surface area contributed by atoms with Crippen LogP contribution in [0.3, 0.4) is 0 Å². The minimum Gasteiger partial charge on any atom is -0.347 e. The van der Waals surface area contributed by atoms with Crippen LogP contribution < -0.4 is 5.32 Å². The number of nitrogens with one attached hydrogen (secondary N) is 1. The van der Waals surface area contributed by atoms with Crippen molar-refractivity contribution in [3.8, 4) is 0 Å². The number of benzene rings is 2. The lowest BCUT2D eigenvalue weighted by Crippen LogP contribution is -2.36. The first-order chi connectivity index (χ1) is 14.9. The molecule has 0 unspecified atom stereocenters. The Balaban J connectivity index is 1.53. The van der Waals surface area contributed by atoms with Gasteiger partial charge in [0.2, 0.25) is 5.91 Å². The van der Waals surface area contributed by atoms with Gasteiger partial charge in [0.25, 0.3) is 11.1 Å². The molecule has 0 radical (unpaired) electrons. The Kier molecular flexibility index (Phi) is 5.60. The van der Waals surface area contributed by atoms with E-state index in [0.717, 1.165) is 51.8 Å². The standard InChI is InChI=1S/C22H17F2N3O3S/c1-2-26-11-13(15-5-3-4-6-18(15)26)9-19-21(29)27(22(30)31-19)12-20(28)25-17-8-7-14(23)10-16(17)24/h3-11H,2,12H2,1H3,(H,25,28). The number of aryl methyl sites for hydroxylation is 1. The number of imide groups is 1. The molecule has 3 aromatic rings. The highest BCUT2D eigenvalue weighted by Gasteiger charge is 2.36. The zero-order chi connectivity index (χ0) is 22.1. The predicted octanol–water partition coefficient (Wildman–Crippen LogP) is 4.61. The smallest absolute Gasteiger partial charge is 0.294 e. The van der Waals surface area contributed by atoms with E-state index in [9.17, 15) is 23.2 Å². The number of para-hydroxylation sites is 1. The summed E-state index contributed by atoms with van der Waals surface area (Å²) in [7, 11) is 0. The fraction of sp³-hybridized carbons (Fsp3) is 0.136. The van der Waals surface area contributed by atoms with Crippen molar-refractivity contribution in [3.63, 3.8) is 0 Å². The molecule has 4 rings (SSSR count). The van der Waals surface area contributed by atoms with E-state index >= 15 is 0 Å². The molecule has 1 saturated heterocycles. The van der Waals surface area contributed by atoms with Crippen molar-refractivity contribution in [1.29, 1.82) is 0 Å². The van der Waals surface area contributed by atoms with Crippen molar-refractivity contribution >= 4 is 51.5 Å². The van der Waals surface area contributed by atoms with E-state index in [2.05, 4.69) is 5.32 Å². The quantitative estimate of drug-likeness (QED) is 0.587. The summed E-state index contributed by atoms with van der Waals surface area (Å²) in [6, 6.07) is 10.4. The molecule has 3 amide bonds. The molecule has 0 atom stereocenters. The number of fused-ring (bicyclic) bond motifs is 1. The lowest BCUT2D eigenvalue weighted by atomic mass is 10.1. The third-order valence-electron chi connectivity index (χ3n) is 4.83. The first-order valence-corrected chi connectivity index (χ1v) is 10.3. The van der Waals surface area contributed by atoms with Gasteiger partial charge in [-0.25, -0.2) is 8.78 Å². The normalized spacial score (nSPS) is 15.3. The summed E-state index contributed by atoms with van der Waals surface area (Å²) in [6.45, 7) is 2.18. The van der Waals surface area contributed by atoms with E-state index in [1.54, 1.807) is 6.08 Å². The van der Waals surface area contributed by atoms with Crippen LogP contribution in [0.25, 0.3) is 17.0 Å². The Labute approximate surface area is 180 Å². The van der Waals surface area contributed by atoms with Gasteiger partial charge in [-0.05, 0) is 43.0 Å². The average Bonchev–Trinajstić information content (AvgIpc) is 3.22. The van der Waals surface area contributed by atoms with Gasteiger partial charge in [0, 0.05) is 35.3 Å². The highest BCUT2D eigenvalue weighted by molar-refractivity contribution is 8.18.